The summed E-state index contributed by atoms with van der Waals surface area (Å²) >= 11 is 0. The summed E-state index contributed by atoms with van der Waals surface area (Å²) in [7, 11) is 5.77. The minimum atomic E-state index is 0. The van der Waals surface area contributed by atoms with Crippen LogP contribution in [0.3, 0.4) is 0 Å². The Kier molecular flexibility index (Phi) is 8.53. The van der Waals surface area contributed by atoms with Gasteiger partial charge in [0.15, 0.2) is 5.96 Å². The van der Waals surface area contributed by atoms with Gasteiger partial charge in [-0.3, -0.25) is 4.99 Å². The molecule has 130 valence electrons. The predicted molar refractivity (Wildman–Crippen MR) is 112 cm³/mol. The molecule has 24 heavy (non-hydrogen) atoms. The van der Waals surface area contributed by atoms with Crippen LogP contribution in [0.15, 0.2) is 47.6 Å². The number of hydrogen-bond acceptors (Lipinski definition) is 3. The second kappa shape index (κ2) is 10.1. The molecule has 0 unspecified atom stereocenters. The normalized spacial score (nSPS) is 10.8. The number of benzene rings is 1. The van der Waals surface area contributed by atoms with Crippen molar-refractivity contribution in [1.29, 1.82) is 0 Å². The summed E-state index contributed by atoms with van der Waals surface area (Å²) in [5.74, 6) is 1.74. The SMILES string of the molecule is CN=C(NCc1cccc(C)c1)NCc1cccnc1N(C)C.I. The second-order valence-electron chi connectivity index (χ2n) is 5.65. The molecule has 0 saturated carbocycles. The van der Waals surface area contributed by atoms with Gasteiger partial charge in [0, 0.05) is 46.0 Å². The Labute approximate surface area is 161 Å². The van der Waals surface area contributed by atoms with E-state index in [0.717, 1.165) is 23.9 Å². The number of aryl methyl sites for hydroxylation is 1. The number of hydrogen-bond donors (Lipinski definition) is 2. The summed E-state index contributed by atoms with van der Waals surface area (Å²) in [6.07, 6.45) is 1.81. The van der Waals surface area contributed by atoms with Gasteiger partial charge < -0.3 is 15.5 Å². The van der Waals surface area contributed by atoms with Crippen LogP contribution < -0.4 is 15.5 Å². The molecule has 2 N–H and O–H groups in total. The van der Waals surface area contributed by atoms with Gasteiger partial charge in [-0.1, -0.05) is 35.9 Å². The minimum absolute atomic E-state index is 0. The van der Waals surface area contributed by atoms with Crippen LogP contribution in [0.2, 0.25) is 0 Å². The van der Waals surface area contributed by atoms with Crippen molar-refractivity contribution < 1.29 is 0 Å². The Morgan fingerprint density at radius 2 is 1.88 bits per heavy atom. The van der Waals surface area contributed by atoms with Crippen LogP contribution in [0.5, 0.6) is 0 Å². The van der Waals surface area contributed by atoms with Gasteiger partial charge >= 0.3 is 0 Å². The number of guanidine groups is 1. The van der Waals surface area contributed by atoms with Gasteiger partial charge in [-0.25, -0.2) is 4.98 Å². The van der Waals surface area contributed by atoms with E-state index >= 15 is 0 Å². The molecule has 0 aliphatic carbocycles. The van der Waals surface area contributed by atoms with Crippen LogP contribution in [0, 0.1) is 6.92 Å². The Hall–Kier alpha value is -1.83. The second-order valence-corrected chi connectivity index (χ2v) is 5.65. The van der Waals surface area contributed by atoms with Crippen molar-refractivity contribution in [1.82, 2.24) is 15.6 Å². The van der Waals surface area contributed by atoms with E-state index in [1.54, 1.807) is 7.05 Å². The average molecular weight is 439 g/mol. The molecule has 1 aromatic carbocycles. The fraction of sp³-hybridized carbons (Fsp3) is 0.333. The first-order valence-corrected chi connectivity index (χ1v) is 7.71. The first kappa shape index (κ1) is 20.2. The molecule has 5 nitrogen and oxygen atoms in total. The van der Waals surface area contributed by atoms with Crippen LogP contribution >= 0.6 is 24.0 Å². The highest BCUT2D eigenvalue weighted by Gasteiger charge is 2.06. The predicted octanol–water partition coefficient (Wildman–Crippen LogP) is 2.94. The summed E-state index contributed by atoms with van der Waals surface area (Å²) in [5.41, 5.74) is 3.64. The maximum atomic E-state index is 4.41. The zero-order chi connectivity index (χ0) is 16.7. The van der Waals surface area contributed by atoms with Gasteiger partial charge in [-0.15, -0.1) is 24.0 Å². The maximum Gasteiger partial charge on any atom is 0.191 e. The number of anilines is 1. The summed E-state index contributed by atoms with van der Waals surface area (Å²) in [4.78, 5) is 10.7. The van der Waals surface area contributed by atoms with Gasteiger partial charge in [-0.2, -0.15) is 0 Å². The van der Waals surface area contributed by atoms with Crippen molar-refractivity contribution >= 4 is 35.8 Å². The third-order valence-corrected chi connectivity index (χ3v) is 3.50. The highest BCUT2D eigenvalue weighted by molar-refractivity contribution is 14.0. The molecule has 0 aliphatic rings. The van der Waals surface area contributed by atoms with Gasteiger partial charge in [0.1, 0.15) is 5.82 Å². The Balaban J connectivity index is 0.00000288. The van der Waals surface area contributed by atoms with E-state index < -0.39 is 0 Å². The third-order valence-electron chi connectivity index (χ3n) is 3.50. The Morgan fingerprint density at radius 1 is 1.12 bits per heavy atom. The molecule has 0 spiro atoms. The van der Waals surface area contributed by atoms with Crippen LogP contribution in [-0.2, 0) is 13.1 Å². The zero-order valence-corrected chi connectivity index (χ0v) is 17.0. The maximum absolute atomic E-state index is 4.41. The van der Waals surface area contributed by atoms with Crippen LogP contribution in [0.4, 0.5) is 5.82 Å². The molecule has 2 rings (SSSR count). The largest absolute Gasteiger partial charge is 0.362 e. The number of pyridine rings is 1. The van der Waals surface area contributed by atoms with Crippen molar-refractivity contribution in [2.75, 3.05) is 26.0 Å². The molecule has 1 aromatic heterocycles. The van der Waals surface area contributed by atoms with Crippen LogP contribution in [-0.4, -0.2) is 32.1 Å². The monoisotopic (exact) mass is 439 g/mol. The lowest BCUT2D eigenvalue weighted by molar-refractivity contribution is 0.804. The average Bonchev–Trinajstić information content (AvgIpc) is 2.55. The number of rotatable bonds is 5. The highest BCUT2D eigenvalue weighted by Crippen LogP contribution is 2.13. The molecule has 0 atom stereocenters. The van der Waals surface area contributed by atoms with Crippen molar-refractivity contribution in [3.63, 3.8) is 0 Å². The Morgan fingerprint density at radius 3 is 2.54 bits per heavy atom. The first-order chi connectivity index (χ1) is 11.1. The van der Waals surface area contributed by atoms with E-state index in [1.807, 2.05) is 31.3 Å². The zero-order valence-electron chi connectivity index (χ0n) is 14.7. The van der Waals surface area contributed by atoms with Crippen LogP contribution in [0.1, 0.15) is 16.7 Å². The van der Waals surface area contributed by atoms with E-state index in [4.69, 9.17) is 0 Å². The summed E-state index contributed by atoms with van der Waals surface area (Å²) in [6, 6.07) is 12.5. The number of nitrogens with zero attached hydrogens (tertiary/aromatic N) is 3. The fourth-order valence-corrected chi connectivity index (χ4v) is 2.38. The third kappa shape index (κ3) is 5.99. The molecule has 6 heteroatoms. The topological polar surface area (TPSA) is 52.6 Å². The molecule has 0 radical (unpaired) electrons. The van der Waals surface area contributed by atoms with E-state index in [0.29, 0.717) is 6.54 Å². The summed E-state index contributed by atoms with van der Waals surface area (Å²) < 4.78 is 0. The highest BCUT2D eigenvalue weighted by atomic mass is 127. The molecule has 2 aromatic rings. The van der Waals surface area contributed by atoms with Crippen molar-refractivity contribution in [2.24, 2.45) is 4.99 Å². The Bertz CT molecular complexity index is 670. The van der Waals surface area contributed by atoms with E-state index in [2.05, 4.69) is 57.9 Å². The van der Waals surface area contributed by atoms with Gasteiger partial charge in [0.2, 0.25) is 0 Å². The van der Waals surface area contributed by atoms with E-state index in [1.165, 1.54) is 11.1 Å². The van der Waals surface area contributed by atoms with Gasteiger partial charge in [0.25, 0.3) is 0 Å². The number of halogens is 1. The quantitative estimate of drug-likeness (QED) is 0.428. The van der Waals surface area contributed by atoms with Gasteiger partial charge in [0.05, 0.1) is 0 Å². The number of aromatic nitrogens is 1. The van der Waals surface area contributed by atoms with E-state index in [9.17, 15) is 0 Å². The summed E-state index contributed by atoms with van der Waals surface area (Å²) in [5, 5.41) is 6.67. The lowest BCUT2D eigenvalue weighted by Gasteiger charge is -2.17. The van der Waals surface area contributed by atoms with Crippen molar-refractivity contribution in [3.8, 4) is 0 Å². The standard InChI is InChI=1S/C18H25N5.HI/c1-14-7-5-8-15(11-14)12-21-18(19-2)22-13-16-9-6-10-20-17(16)23(3)4;/h5-11H,12-13H2,1-4H3,(H2,19,21,22);1H. The lowest BCUT2D eigenvalue weighted by Crippen LogP contribution is -2.36. The molecular weight excluding hydrogens is 413 g/mol. The van der Waals surface area contributed by atoms with Crippen molar-refractivity contribution in [3.05, 3.63) is 59.3 Å². The fourth-order valence-electron chi connectivity index (χ4n) is 2.38. The van der Waals surface area contributed by atoms with Crippen molar-refractivity contribution in [2.45, 2.75) is 20.0 Å². The number of aliphatic imine (C=N–C) groups is 1. The molecule has 0 amide bonds. The lowest BCUT2D eigenvalue weighted by atomic mass is 10.1. The van der Waals surface area contributed by atoms with Gasteiger partial charge in [-0.05, 0) is 18.6 Å². The molecule has 0 saturated heterocycles. The number of nitrogens with one attached hydrogen (secondary N) is 2. The molecule has 1 heterocycles. The smallest absolute Gasteiger partial charge is 0.191 e. The first-order valence-electron chi connectivity index (χ1n) is 7.71. The molecule has 0 bridgehead atoms. The van der Waals surface area contributed by atoms with Crippen LogP contribution in [0.25, 0.3) is 0 Å². The molecule has 0 aliphatic heterocycles. The summed E-state index contributed by atoms with van der Waals surface area (Å²) in [6.45, 7) is 3.52. The van der Waals surface area contributed by atoms with E-state index in [-0.39, 0.29) is 24.0 Å². The molecular formula is C18H26IN5. The minimum Gasteiger partial charge on any atom is -0.362 e. The molecule has 0 fully saturated rings.